The smallest absolute Gasteiger partial charge is 0.325 e. The largest absolute Gasteiger partial charge is 0.341 e. The molecule has 0 aliphatic carbocycles. The van der Waals surface area contributed by atoms with Gasteiger partial charge in [-0.2, -0.15) is 8.42 Å². The van der Waals surface area contributed by atoms with Gasteiger partial charge in [0.15, 0.2) is 5.65 Å². The second kappa shape index (κ2) is 6.66. The number of imidazole rings is 1. The molecule has 2 radical (unpaired) electrons. The molecular formula is C5H4N4Na2O3S2. The summed E-state index contributed by atoms with van der Waals surface area (Å²) in [7, 11) is -3.93. The van der Waals surface area contributed by atoms with Crippen LogP contribution in [0.2, 0.25) is 0 Å². The standard InChI is InChI=1S/C5H4N4O3S2.2Na/c10-14(11,12)13-5-3-4(7-1-6-3)8-2-9-5;;/h1-2H,(H,10,11,12)(H,6,7,8,9);;. The molecule has 2 rings (SSSR count). The Labute approximate surface area is 139 Å². The molecule has 0 aliphatic heterocycles. The van der Waals surface area contributed by atoms with Gasteiger partial charge in [-0.15, -0.1) is 0 Å². The van der Waals surface area contributed by atoms with Gasteiger partial charge in [-0.1, -0.05) is 0 Å². The molecule has 2 aromatic heterocycles. The van der Waals surface area contributed by atoms with E-state index < -0.39 is 9.15 Å². The van der Waals surface area contributed by atoms with Crippen LogP contribution in [0.25, 0.3) is 11.2 Å². The van der Waals surface area contributed by atoms with Gasteiger partial charge in [-0.3, -0.25) is 4.55 Å². The van der Waals surface area contributed by atoms with Crippen molar-refractivity contribution >= 4 is 90.2 Å². The van der Waals surface area contributed by atoms with E-state index in [1.807, 2.05) is 0 Å². The molecule has 0 aliphatic rings. The van der Waals surface area contributed by atoms with E-state index in [4.69, 9.17) is 4.55 Å². The first-order valence-electron chi connectivity index (χ1n) is 3.37. The first-order valence-corrected chi connectivity index (χ1v) is 6.14. The molecule has 0 bridgehead atoms. The first kappa shape index (κ1) is 16.8. The maximum Gasteiger partial charge on any atom is 0.325 e. The second-order valence-corrected chi connectivity index (χ2v) is 5.46. The summed E-state index contributed by atoms with van der Waals surface area (Å²) >= 11 is 0. The molecule has 11 heteroatoms. The zero-order valence-electron chi connectivity index (χ0n) is 8.58. The number of hydrogen-bond donors (Lipinski definition) is 2. The van der Waals surface area contributed by atoms with E-state index in [0.29, 0.717) is 11.2 Å². The molecule has 0 aromatic carbocycles. The number of fused-ring (bicyclic) bond motifs is 1. The number of hydrogen-bond acceptors (Lipinski definition) is 6. The van der Waals surface area contributed by atoms with Crippen LogP contribution in [0, 0.1) is 0 Å². The summed E-state index contributed by atoms with van der Waals surface area (Å²) in [5.41, 5.74) is 0.737. The molecule has 2 aromatic rings. The van der Waals surface area contributed by atoms with Crippen molar-refractivity contribution in [3.63, 3.8) is 0 Å². The summed E-state index contributed by atoms with van der Waals surface area (Å²) in [4.78, 5) is 14.0. The minimum atomic E-state index is -4.17. The van der Waals surface area contributed by atoms with Gasteiger partial charge in [0.1, 0.15) is 16.9 Å². The Morgan fingerprint density at radius 1 is 1.25 bits per heavy atom. The molecule has 16 heavy (non-hydrogen) atoms. The van der Waals surface area contributed by atoms with Crippen molar-refractivity contribution in [1.29, 1.82) is 0 Å². The number of nitrogens with zero attached hydrogens (tertiary/aromatic N) is 3. The van der Waals surface area contributed by atoms with Gasteiger partial charge in [0.05, 0.1) is 17.1 Å². The van der Waals surface area contributed by atoms with Crippen molar-refractivity contribution < 1.29 is 13.0 Å². The molecule has 0 amide bonds. The van der Waals surface area contributed by atoms with E-state index in [1.165, 1.54) is 12.7 Å². The van der Waals surface area contributed by atoms with Crippen molar-refractivity contribution in [2.75, 3.05) is 0 Å². The van der Waals surface area contributed by atoms with Crippen LogP contribution in [0.5, 0.6) is 0 Å². The molecule has 2 N–H and O–H groups in total. The fourth-order valence-electron chi connectivity index (χ4n) is 0.906. The Balaban J connectivity index is 0.00000112. The number of nitrogens with one attached hydrogen (secondary N) is 1. The minimum Gasteiger partial charge on any atom is -0.341 e. The van der Waals surface area contributed by atoms with Crippen molar-refractivity contribution in [2.24, 2.45) is 0 Å². The Morgan fingerprint density at radius 3 is 2.56 bits per heavy atom. The number of aromatic nitrogens is 4. The van der Waals surface area contributed by atoms with Crippen LogP contribution < -0.4 is 0 Å². The van der Waals surface area contributed by atoms with E-state index in [1.54, 1.807) is 0 Å². The third-order valence-electron chi connectivity index (χ3n) is 1.37. The summed E-state index contributed by atoms with van der Waals surface area (Å²) in [6, 6.07) is 0. The van der Waals surface area contributed by atoms with Crippen LogP contribution in [0.3, 0.4) is 0 Å². The topological polar surface area (TPSA) is 109 Å². The molecule has 7 nitrogen and oxygen atoms in total. The van der Waals surface area contributed by atoms with Crippen LogP contribution in [0.4, 0.5) is 0 Å². The normalized spacial score (nSPS) is 10.6. The van der Waals surface area contributed by atoms with Crippen molar-refractivity contribution in [3.8, 4) is 0 Å². The van der Waals surface area contributed by atoms with Gasteiger partial charge in [-0.25, -0.2) is 15.0 Å². The fourth-order valence-corrected chi connectivity index (χ4v) is 2.41. The van der Waals surface area contributed by atoms with E-state index >= 15 is 0 Å². The average Bonchev–Trinajstić information content (AvgIpc) is 2.49. The molecule has 2 heterocycles. The van der Waals surface area contributed by atoms with Gasteiger partial charge in [-0.05, 0) is 0 Å². The van der Waals surface area contributed by atoms with Gasteiger partial charge in [0, 0.05) is 59.1 Å². The van der Waals surface area contributed by atoms with E-state index in [-0.39, 0.29) is 74.9 Å². The zero-order valence-corrected chi connectivity index (χ0v) is 14.2. The van der Waals surface area contributed by atoms with Gasteiger partial charge in [0.2, 0.25) is 0 Å². The Bertz CT molecular complexity index is 572. The number of H-pyrrole nitrogens is 1. The molecule has 76 valence electrons. The number of aromatic amines is 1. The van der Waals surface area contributed by atoms with Crippen LogP contribution >= 0.6 is 10.8 Å². The monoisotopic (exact) mass is 278 g/mol. The van der Waals surface area contributed by atoms with Gasteiger partial charge >= 0.3 is 9.15 Å². The summed E-state index contributed by atoms with van der Waals surface area (Å²) < 4.78 is 29.8. The predicted molar refractivity (Wildman–Crippen MR) is 60.6 cm³/mol. The number of rotatable bonds is 2. The molecule has 0 atom stereocenters. The Kier molecular flexibility index (Phi) is 7.00. The SMILES string of the molecule is O=S(=O)(O)Sc1ncnc2nc[nH]c12.[Na].[Na]. The van der Waals surface area contributed by atoms with Crippen LogP contribution in [0.15, 0.2) is 17.7 Å². The van der Waals surface area contributed by atoms with Crippen molar-refractivity contribution in [2.45, 2.75) is 5.03 Å². The van der Waals surface area contributed by atoms with Crippen LogP contribution in [-0.4, -0.2) is 92.0 Å². The van der Waals surface area contributed by atoms with E-state index in [2.05, 4.69) is 19.9 Å². The van der Waals surface area contributed by atoms with Gasteiger partial charge in [0.25, 0.3) is 0 Å². The maximum atomic E-state index is 10.6. The zero-order chi connectivity index (χ0) is 10.2. The van der Waals surface area contributed by atoms with Crippen molar-refractivity contribution in [3.05, 3.63) is 12.7 Å². The molecule has 0 saturated carbocycles. The van der Waals surface area contributed by atoms with Crippen LogP contribution in [0.1, 0.15) is 0 Å². The Hall–Kier alpha value is 0.810. The molecule has 0 saturated heterocycles. The van der Waals surface area contributed by atoms with Crippen molar-refractivity contribution in [1.82, 2.24) is 19.9 Å². The summed E-state index contributed by atoms with van der Waals surface area (Å²) in [6.07, 6.45) is 2.55. The van der Waals surface area contributed by atoms with Crippen LogP contribution in [-0.2, 0) is 9.15 Å². The molecular weight excluding hydrogens is 274 g/mol. The quantitative estimate of drug-likeness (QED) is 0.329. The van der Waals surface area contributed by atoms with E-state index in [9.17, 15) is 8.42 Å². The minimum absolute atomic E-state index is 0. The maximum absolute atomic E-state index is 10.6. The van der Waals surface area contributed by atoms with Gasteiger partial charge < -0.3 is 4.98 Å². The summed E-state index contributed by atoms with van der Waals surface area (Å²) in [6.45, 7) is 0. The second-order valence-electron chi connectivity index (χ2n) is 2.29. The van der Waals surface area contributed by atoms with E-state index in [0.717, 1.165) is 0 Å². The summed E-state index contributed by atoms with van der Waals surface area (Å²) in [5, 5.41) is 0.120. The third kappa shape index (κ3) is 4.24. The average molecular weight is 278 g/mol. The first-order chi connectivity index (χ1) is 6.56. The molecule has 0 unspecified atom stereocenters. The molecule has 0 fully saturated rings. The predicted octanol–water partition coefficient (Wildman–Crippen LogP) is -0.514. The fraction of sp³-hybridized carbons (Fsp3) is 0. The molecule has 0 spiro atoms. The third-order valence-corrected chi connectivity index (χ3v) is 3.16. The summed E-state index contributed by atoms with van der Waals surface area (Å²) in [5.74, 6) is 0. The Morgan fingerprint density at radius 2 is 1.94 bits per heavy atom.